The summed E-state index contributed by atoms with van der Waals surface area (Å²) < 4.78 is 48.5. The highest BCUT2D eigenvalue weighted by Gasteiger charge is 2.32. The van der Waals surface area contributed by atoms with Crippen LogP contribution in [-0.4, -0.2) is 5.11 Å². The van der Waals surface area contributed by atoms with Gasteiger partial charge in [0.05, 0.1) is 9.13 Å². The number of rotatable bonds is 0. The van der Waals surface area contributed by atoms with Crippen LogP contribution in [0.15, 0.2) is 12.1 Å². The fraction of sp³-hybridized carbons (Fsp3) is 0.143. The zero-order chi connectivity index (χ0) is 10.2. The highest BCUT2D eigenvalue weighted by atomic mass is 127. The van der Waals surface area contributed by atoms with Crippen molar-refractivity contribution in [2.45, 2.75) is 6.18 Å². The molecule has 1 aromatic rings. The third-order valence-electron chi connectivity index (χ3n) is 1.34. The second-order valence-corrected chi connectivity index (χ2v) is 3.45. The molecular weight excluding hydrogens is 303 g/mol. The summed E-state index contributed by atoms with van der Waals surface area (Å²) in [6, 6.07) is 0.941. The van der Waals surface area contributed by atoms with E-state index in [0.29, 0.717) is 6.07 Å². The van der Waals surface area contributed by atoms with Crippen LogP contribution in [-0.2, 0) is 6.18 Å². The molecule has 0 saturated carbocycles. The van der Waals surface area contributed by atoms with E-state index in [4.69, 9.17) is 5.11 Å². The predicted molar refractivity (Wildman–Crippen MR) is 45.8 cm³/mol. The lowest BCUT2D eigenvalue weighted by molar-refractivity contribution is -0.137. The molecule has 1 nitrogen and oxygen atoms in total. The monoisotopic (exact) mass is 306 g/mol. The zero-order valence-electron chi connectivity index (χ0n) is 5.99. The van der Waals surface area contributed by atoms with Gasteiger partial charge in [-0.15, -0.1) is 0 Å². The molecule has 0 aliphatic rings. The van der Waals surface area contributed by atoms with E-state index in [1.54, 1.807) is 0 Å². The van der Waals surface area contributed by atoms with Crippen molar-refractivity contribution in [2.24, 2.45) is 0 Å². The van der Waals surface area contributed by atoms with E-state index in [2.05, 4.69) is 0 Å². The minimum atomic E-state index is -4.59. The van der Waals surface area contributed by atoms with Crippen molar-refractivity contribution in [2.75, 3.05) is 0 Å². The summed E-state index contributed by atoms with van der Waals surface area (Å²) in [5.41, 5.74) is -1.10. The van der Waals surface area contributed by atoms with E-state index >= 15 is 0 Å². The van der Waals surface area contributed by atoms with Crippen molar-refractivity contribution in [3.63, 3.8) is 0 Å². The van der Waals surface area contributed by atoms with Crippen LogP contribution >= 0.6 is 22.6 Å². The van der Waals surface area contributed by atoms with Gasteiger partial charge in [0.2, 0.25) is 0 Å². The van der Waals surface area contributed by atoms with Crippen LogP contribution in [0.5, 0.6) is 5.75 Å². The third kappa shape index (κ3) is 2.23. The molecular formula is C7H3F4IO. The van der Waals surface area contributed by atoms with E-state index in [1.807, 2.05) is 0 Å². The Morgan fingerprint density at radius 2 is 1.77 bits per heavy atom. The van der Waals surface area contributed by atoms with Crippen molar-refractivity contribution in [1.29, 1.82) is 0 Å². The van der Waals surface area contributed by atoms with Gasteiger partial charge in [0.25, 0.3) is 0 Å². The molecule has 1 aromatic carbocycles. The minimum absolute atomic E-state index is 0.162. The lowest BCUT2D eigenvalue weighted by Crippen LogP contribution is -2.05. The normalized spacial score (nSPS) is 11.8. The standard InChI is InChI=1S/C7H3F4IO/c8-4-1-3(7(9,10)11)2-5(12)6(4)13/h1-2,13H. The Morgan fingerprint density at radius 1 is 1.23 bits per heavy atom. The second-order valence-electron chi connectivity index (χ2n) is 2.29. The Bertz CT molecular complexity index is 311. The Labute approximate surface area is 84.5 Å². The highest BCUT2D eigenvalue weighted by Crippen LogP contribution is 2.34. The summed E-state index contributed by atoms with van der Waals surface area (Å²) >= 11 is 1.43. The molecule has 0 unspecified atom stereocenters. The molecule has 1 N–H and O–H groups in total. The van der Waals surface area contributed by atoms with Crippen LogP contribution in [0, 0.1) is 9.39 Å². The molecule has 0 spiro atoms. The van der Waals surface area contributed by atoms with Crippen LogP contribution in [0.4, 0.5) is 17.6 Å². The summed E-state index contributed by atoms with van der Waals surface area (Å²) in [5, 5.41) is 8.85. The molecule has 0 fully saturated rings. The molecule has 0 bridgehead atoms. The summed E-state index contributed by atoms with van der Waals surface area (Å²) in [4.78, 5) is 0. The maximum atomic E-state index is 12.6. The Kier molecular flexibility index (Phi) is 2.69. The quantitative estimate of drug-likeness (QED) is 0.577. The zero-order valence-corrected chi connectivity index (χ0v) is 8.15. The van der Waals surface area contributed by atoms with Crippen molar-refractivity contribution >= 4 is 22.6 Å². The van der Waals surface area contributed by atoms with Crippen molar-refractivity contribution in [3.05, 3.63) is 27.1 Å². The molecule has 0 saturated heterocycles. The first-order valence-corrected chi connectivity index (χ1v) is 4.15. The lowest BCUT2D eigenvalue weighted by atomic mass is 10.2. The highest BCUT2D eigenvalue weighted by molar-refractivity contribution is 14.1. The van der Waals surface area contributed by atoms with Crippen LogP contribution in [0.25, 0.3) is 0 Å². The first kappa shape index (κ1) is 10.6. The van der Waals surface area contributed by atoms with Gasteiger partial charge in [-0.1, -0.05) is 0 Å². The van der Waals surface area contributed by atoms with E-state index < -0.39 is 23.3 Å². The SMILES string of the molecule is Oc1c(F)cc(C(F)(F)F)cc1I. The van der Waals surface area contributed by atoms with Crippen molar-refractivity contribution in [1.82, 2.24) is 0 Å². The molecule has 72 valence electrons. The van der Waals surface area contributed by atoms with Gasteiger partial charge in [-0.25, -0.2) is 4.39 Å². The van der Waals surface area contributed by atoms with Gasteiger partial charge in [0.15, 0.2) is 11.6 Å². The fourth-order valence-electron chi connectivity index (χ4n) is 0.729. The summed E-state index contributed by atoms with van der Waals surface area (Å²) in [6.45, 7) is 0. The smallest absolute Gasteiger partial charge is 0.416 e. The van der Waals surface area contributed by atoms with Crippen LogP contribution in [0.2, 0.25) is 0 Å². The van der Waals surface area contributed by atoms with Gasteiger partial charge < -0.3 is 5.11 Å². The van der Waals surface area contributed by atoms with Gasteiger partial charge in [0.1, 0.15) is 0 Å². The van der Waals surface area contributed by atoms with Gasteiger partial charge >= 0.3 is 6.18 Å². The van der Waals surface area contributed by atoms with Crippen LogP contribution in [0.3, 0.4) is 0 Å². The molecule has 0 heterocycles. The van der Waals surface area contributed by atoms with E-state index in [0.717, 1.165) is 0 Å². The molecule has 0 aliphatic heterocycles. The molecule has 0 atom stereocenters. The lowest BCUT2D eigenvalue weighted by Gasteiger charge is -2.08. The Morgan fingerprint density at radius 3 is 2.15 bits per heavy atom. The molecule has 0 radical (unpaired) electrons. The third-order valence-corrected chi connectivity index (χ3v) is 2.17. The number of phenolic OH excluding ortho intramolecular Hbond substituents is 1. The predicted octanol–water partition coefficient (Wildman–Crippen LogP) is 3.15. The number of alkyl halides is 3. The van der Waals surface area contributed by atoms with Gasteiger partial charge in [-0.3, -0.25) is 0 Å². The van der Waals surface area contributed by atoms with E-state index in [-0.39, 0.29) is 9.64 Å². The number of hydrogen-bond donors (Lipinski definition) is 1. The first-order valence-electron chi connectivity index (χ1n) is 3.07. The molecule has 13 heavy (non-hydrogen) atoms. The van der Waals surface area contributed by atoms with Crippen LogP contribution < -0.4 is 0 Å². The van der Waals surface area contributed by atoms with Gasteiger partial charge in [-0.05, 0) is 34.7 Å². The summed E-state index contributed by atoms with van der Waals surface area (Å²) in [6.07, 6.45) is -4.59. The number of hydrogen-bond acceptors (Lipinski definition) is 1. The average Bonchev–Trinajstić information content (AvgIpc) is 1.97. The maximum Gasteiger partial charge on any atom is 0.416 e. The topological polar surface area (TPSA) is 20.2 Å². The molecule has 0 aromatic heterocycles. The van der Waals surface area contributed by atoms with E-state index in [1.165, 1.54) is 22.6 Å². The Hall–Kier alpha value is -0.530. The second kappa shape index (κ2) is 3.32. The largest absolute Gasteiger partial charge is 0.504 e. The minimum Gasteiger partial charge on any atom is -0.504 e. The van der Waals surface area contributed by atoms with Crippen LogP contribution in [0.1, 0.15) is 5.56 Å². The number of aromatic hydroxyl groups is 1. The van der Waals surface area contributed by atoms with Crippen molar-refractivity contribution < 1.29 is 22.7 Å². The molecule has 6 heteroatoms. The summed E-state index contributed by atoms with van der Waals surface area (Å²) in [5.74, 6) is -2.02. The van der Waals surface area contributed by atoms with Gasteiger partial charge in [0, 0.05) is 0 Å². The molecule has 0 aliphatic carbocycles. The number of phenols is 1. The van der Waals surface area contributed by atoms with E-state index in [9.17, 15) is 17.6 Å². The molecule has 0 amide bonds. The number of benzene rings is 1. The van der Waals surface area contributed by atoms with Gasteiger partial charge in [-0.2, -0.15) is 13.2 Å². The molecule has 1 rings (SSSR count). The fourth-order valence-corrected chi connectivity index (χ4v) is 1.32. The maximum absolute atomic E-state index is 12.6. The first-order chi connectivity index (χ1) is 5.82. The van der Waals surface area contributed by atoms with Crippen molar-refractivity contribution in [3.8, 4) is 5.75 Å². The average molecular weight is 306 g/mol. The Balaban J connectivity index is 3.29. The number of halogens is 5. The summed E-state index contributed by atoms with van der Waals surface area (Å²) in [7, 11) is 0.